The summed E-state index contributed by atoms with van der Waals surface area (Å²) in [5, 5.41) is 12.0. The molecule has 2 rings (SSSR count). The molecule has 86 valence electrons. The van der Waals surface area contributed by atoms with Crippen molar-refractivity contribution < 1.29 is 9.90 Å². The minimum absolute atomic E-state index is 0.279. The molecule has 1 heterocycles. The van der Waals surface area contributed by atoms with Gasteiger partial charge >= 0.3 is 5.97 Å². The van der Waals surface area contributed by atoms with E-state index in [4.69, 9.17) is 5.11 Å². The first-order valence-electron chi connectivity index (χ1n) is 5.18. The van der Waals surface area contributed by atoms with Crippen LogP contribution in [-0.2, 0) is 0 Å². The normalized spacial score (nSPS) is 9.94. The van der Waals surface area contributed by atoms with Gasteiger partial charge in [-0.15, -0.1) is 0 Å². The second-order valence-corrected chi connectivity index (χ2v) is 3.69. The minimum Gasteiger partial charge on any atom is -0.478 e. The number of rotatable bonds is 3. The fourth-order valence-electron chi connectivity index (χ4n) is 1.49. The number of benzene rings is 1. The van der Waals surface area contributed by atoms with E-state index < -0.39 is 5.97 Å². The number of nitrogens with zero attached hydrogens (tertiary/aromatic N) is 1. The third-order valence-corrected chi connectivity index (χ3v) is 2.32. The molecule has 0 atom stereocenters. The predicted octanol–water partition coefficient (Wildman–Crippen LogP) is 2.83. The van der Waals surface area contributed by atoms with Crippen LogP contribution in [0, 0.1) is 6.92 Å². The highest BCUT2D eigenvalue weighted by atomic mass is 16.4. The highest BCUT2D eigenvalue weighted by molar-refractivity contribution is 5.88. The third kappa shape index (κ3) is 2.81. The maximum atomic E-state index is 10.7. The second kappa shape index (κ2) is 4.65. The van der Waals surface area contributed by atoms with Gasteiger partial charge in [0.1, 0.15) is 0 Å². The third-order valence-electron chi connectivity index (χ3n) is 2.32. The van der Waals surface area contributed by atoms with Gasteiger partial charge in [-0.25, -0.2) is 4.79 Å². The molecule has 0 saturated carbocycles. The van der Waals surface area contributed by atoms with Crippen LogP contribution in [0.3, 0.4) is 0 Å². The first-order valence-corrected chi connectivity index (χ1v) is 5.18. The Morgan fingerprint density at radius 1 is 1.18 bits per heavy atom. The van der Waals surface area contributed by atoms with Gasteiger partial charge in [0, 0.05) is 23.3 Å². The highest BCUT2D eigenvalue weighted by Gasteiger charge is 2.01. The lowest BCUT2D eigenvalue weighted by Crippen LogP contribution is -1.96. The van der Waals surface area contributed by atoms with Gasteiger partial charge in [-0.1, -0.05) is 0 Å². The summed E-state index contributed by atoms with van der Waals surface area (Å²) in [7, 11) is 0. The summed E-state index contributed by atoms with van der Waals surface area (Å²) in [6, 6.07) is 10.4. The Balaban J connectivity index is 2.16. The van der Waals surface area contributed by atoms with E-state index in [1.54, 1.807) is 30.5 Å². The van der Waals surface area contributed by atoms with Crippen molar-refractivity contribution in [3.8, 4) is 0 Å². The van der Waals surface area contributed by atoms with Gasteiger partial charge in [-0.2, -0.15) is 0 Å². The van der Waals surface area contributed by atoms with E-state index in [0.29, 0.717) is 0 Å². The molecule has 0 unspecified atom stereocenters. The zero-order valence-electron chi connectivity index (χ0n) is 9.34. The van der Waals surface area contributed by atoms with Crippen LogP contribution in [0.1, 0.15) is 16.1 Å². The molecule has 0 aliphatic carbocycles. The number of nitrogens with one attached hydrogen (secondary N) is 1. The number of carboxylic acid groups (broad SMARTS) is 1. The number of aromatic carboxylic acids is 1. The van der Waals surface area contributed by atoms with Gasteiger partial charge in [0.25, 0.3) is 0 Å². The van der Waals surface area contributed by atoms with Crippen LogP contribution in [0.4, 0.5) is 11.4 Å². The molecule has 0 saturated heterocycles. The number of aromatic nitrogens is 1. The lowest BCUT2D eigenvalue weighted by Gasteiger charge is -2.06. The molecule has 0 fully saturated rings. The van der Waals surface area contributed by atoms with Gasteiger partial charge in [0.15, 0.2) is 0 Å². The molecule has 0 amide bonds. The Hall–Kier alpha value is -2.36. The first kappa shape index (κ1) is 11.1. The number of aryl methyl sites for hydroxylation is 1. The SMILES string of the molecule is Cc1cc(Nc2ccc(C(=O)O)cc2)ccn1. The molecule has 0 spiro atoms. The standard InChI is InChI=1S/C13H12N2O2/c1-9-8-12(6-7-14-9)15-11-4-2-10(3-5-11)13(16)17/h2-8H,1H3,(H,14,15)(H,16,17). The molecule has 0 radical (unpaired) electrons. The Labute approximate surface area is 98.9 Å². The summed E-state index contributed by atoms with van der Waals surface area (Å²) in [6.45, 7) is 1.92. The molecule has 1 aromatic carbocycles. The highest BCUT2D eigenvalue weighted by Crippen LogP contribution is 2.17. The average molecular weight is 228 g/mol. The van der Waals surface area contributed by atoms with Gasteiger partial charge in [-0.05, 0) is 43.3 Å². The van der Waals surface area contributed by atoms with E-state index in [1.165, 1.54) is 0 Å². The van der Waals surface area contributed by atoms with Crippen LogP contribution in [-0.4, -0.2) is 16.1 Å². The molecule has 0 bridgehead atoms. The molecule has 0 aliphatic rings. The number of hydrogen-bond acceptors (Lipinski definition) is 3. The lowest BCUT2D eigenvalue weighted by molar-refractivity contribution is 0.0697. The number of anilines is 2. The van der Waals surface area contributed by atoms with Crippen LogP contribution >= 0.6 is 0 Å². The van der Waals surface area contributed by atoms with Crippen molar-refractivity contribution in [2.45, 2.75) is 6.92 Å². The minimum atomic E-state index is -0.920. The zero-order valence-corrected chi connectivity index (χ0v) is 9.34. The van der Waals surface area contributed by atoms with Crippen LogP contribution in [0.15, 0.2) is 42.6 Å². The Bertz CT molecular complexity index is 535. The molecule has 4 heteroatoms. The monoisotopic (exact) mass is 228 g/mol. The summed E-state index contributed by atoms with van der Waals surface area (Å²) >= 11 is 0. The van der Waals surface area contributed by atoms with E-state index in [1.807, 2.05) is 19.1 Å². The first-order chi connectivity index (χ1) is 8.15. The molecule has 2 N–H and O–H groups in total. The van der Waals surface area contributed by atoms with Crippen molar-refractivity contribution >= 4 is 17.3 Å². The van der Waals surface area contributed by atoms with Crippen molar-refractivity contribution in [2.75, 3.05) is 5.32 Å². The molecular weight excluding hydrogens is 216 g/mol. The number of pyridine rings is 1. The van der Waals surface area contributed by atoms with Crippen molar-refractivity contribution in [3.05, 3.63) is 53.9 Å². The Morgan fingerprint density at radius 2 is 1.88 bits per heavy atom. The zero-order chi connectivity index (χ0) is 12.3. The van der Waals surface area contributed by atoms with Gasteiger partial charge in [-0.3, -0.25) is 4.98 Å². The second-order valence-electron chi connectivity index (χ2n) is 3.69. The summed E-state index contributed by atoms with van der Waals surface area (Å²) in [5.41, 5.74) is 2.99. The number of carboxylic acids is 1. The smallest absolute Gasteiger partial charge is 0.335 e. The van der Waals surface area contributed by atoms with Gasteiger partial charge < -0.3 is 10.4 Å². The van der Waals surface area contributed by atoms with Crippen LogP contribution in [0.25, 0.3) is 0 Å². The predicted molar refractivity (Wildman–Crippen MR) is 65.7 cm³/mol. The maximum Gasteiger partial charge on any atom is 0.335 e. The number of hydrogen-bond donors (Lipinski definition) is 2. The van der Waals surface area contributed by atoms with Crippen molar-refractivity contribution in [1.29, 1.82) is 0 Å². The summed E-state index contributed by atoms with van der Waals surface area (Å²) in [5.74, 6) is -0.920. The molecule has 17 heavy (non-hydrogen) atoms. The van der Waals surface area contributed by atoms with Gasteiger partial charge in [0.2, 0.25) is 0 Å². The van der Waals surface area contributed by atoms with Crippen LogP contribution < -0.4 is 5.32 Å². The Morgan fingerprint density at radius 3 is 2.47 bits per heavy atom. The fourth-order valence-corrected chi connectivity index (χ4v) is 1.49. The van der Waals surface area contributed by atoms with Gasteiger partial charge in [0.05, 0.1) is 5.56 Å². The lowest BCUT2D eigenvalue weighted by atomic mass is 10.2. The molecule has 0 aliphatic heterocycles. The van der Waals surface area contributed by atoms with Crippen molar-refractivity contribution in [2.24, 2.45) is 0 Å². The van der Waals surface area contributed by atoms with Crippen molar-refractivity contribution in [3.63, 3.8) is 0 Å². The average Bonchev–Trinajstić information content (AvgIpc) is 2.29. The summed E-state index contributed by atoms with van der Waals surface area (Å²) in [6.07, 6.45) is 1.73. The number of carbonyl (C=O) groups is 1. The molecule has 4 nitrogen and oxygen atoms in total. The van der Waals surface area contributed by atoms with E-state index >= 15 is 0 Å². The maximum absolute atomic E-state index is 10.7. The fraction of sp³-hybridized carbons (Fsp3) is 0.0769. The quantitative estimate of drug-likeness (QED) is 0.847. The summed E-state index contributed by atoms with van der Waals surface area (Å²) in [4.78, 5) is 14.8. The van der Waals surface area contributed by atoms with E-state index in [0.717, 1.165) is 17.1 Å². The molecule has 1 aromatic heterocycles. The van der Waals surface area contributed by atoms with E-state index in [-0.39, 0.29) is 5.56 Å². The van der Waals surface area contributed by atoms with Crippen molar-refractivity contribution in [1.82, 2.24) is 4.98 Å². The van der Waals surface area contributed by atoms with E-state index in [2.05, 4.69) is 10.3 Å². The molecular formula is C13H12N2O2. The largest absolute Gasteiger partial charge is 0.478 e. The van der Waals surface area contributed by atoms with Crippen LogP contribution in [0.2, 0.25) is 0 Å². The Kier molecular flexibility index (Phi) is 3.05. The van der Waals surface area contributed by atoms with E-state index in [9.17, 15) is 4.79 Å². The summed E-state index contributed by atoms with van der Waals surface area (Å²) < 4.78 is 0. The topological polar surface area (TPSA) is 62.2 Å². The van der Waals surface area contributed by atoms with Crippen LogP contribution in [0.5, 0.6) is 0 Å². The molecule has 2 aromatic rings.